The quantitative estimate of drug-likeness (QED) is 0.757. The lowest BCUT2D eigenvalue weighted by Crippen LogP contribution is -1.95. The molecular formula is C15H13BrN2O2. The molecule has 0 radical (unpaired) electrons. The second kappa shape index (κ2) is 6.96. The predicted octanol–water partition coefficient (Wildman–Crippen LogP) is 4.77. The van der Waals surface area contributed by atoms with Gasteiger partial charge in [-0.15, -0.1) is 10.2 Å². The second-order valence-electron chi connectivity index (χ2n) is 3.94. The molecule has 2 aromatic carbocycles. The molecule has 0 N–H and O–H groups in total. The fraction of sp³-hybridized carbons (Fsp3) is 0.133. The minimum absolute atomic E-state index is 0.379. The highest BCUT2D eigenvalue weighted by atomic mass is 79.9. The summed E-state index contributed by atoms with van der Waals surface area (Å²) in [6, 6.07) is 14.1. The molecule has 1 amide bonds. The Morgan fingerprint density at radius 2 is 1.75 bits per heavy atom. The third-order valence-corrected chi connectivity index (χ3v) is 3.02. The molecule has 0 unspecified atom stereocenters. The fourth-order valence-corrected chi connectivity index (χ4v) is 1.79. The Morgan fingerprint density at radius 1 is 1.10 bits per heavy atom. The Balaban J connectivity index is 2.05. The first-order valence-corrected chi connectivity index (χ1v) is 6.93. The molecule has 0 aliphatic heterocycles. The van der Waals surface area contributed by atoms with Crippen molar-refractivity contribution < 1.29 is 9.53 Å². The van der Waals surface area contributed by atoms with Crippen molar-refractivity contribution in [1.29, 1.82) is 0 Å². The largest absolute Gasteiger partial charge is 0.494 e. The molecular weight excluding hydrogens is 320 g/mol. The summed E-state index contributed by atoms with van der Waals surface area (Å²) in [4.78, 5) is 11.8. The minimum Gasteiger partial charge on any atom is -0.494 e. The molecule has 0 saturated heterocycles. The van der Waals surface area contributed by atoms with Gasteiger partial charge in [-0.1, -0.05) is 15.9 Å². The van der Waals surface area contributed by atoms with Crippen molar-refractivity contribution in [3.05, 3.63) is 58.6 Å². The van der Waals surface area contributed by atoms with E-state index in [1.54, 1.807) is 36.4 Å². The highest BCUT2D eigenvalue weighted by molar-refractivity contribution is 9.10. The third kappa shape index (κ3) is 3.99. The molecule has 0 spiro atoms. The molecule has 0 aliphatic rings. The summed E-state index contributed by atoms with van der Waals surface area (Å²) < 4.78 is 6.26. The van der Waals surface area contributed by atoms with Crippen molar-refractivity contribution in [2.45, 2.75) is 6.92 Å². The first-order valence-electron chi connectivity index (χ1n) is 6.13. The molecule has 20 heavy (non-hydrogen) atoms. The zero-order valence-electron chi connectivity index (χ0n) is 10.9. The lowest BCUT2D eigenvalue weighted by atomic mass is 10.2. The lowest BCUT2D eigenvalue weighted by Gasteiger charge is -2.02. The Kier molecular flexibility index (Phi) is 5.01. The summed E-state index contributed by atoms with van der Waals surface area (Å²) in [6.07, 6.45) is 0. The Morgan fingerprint density at radius 3 is 2.35 bits per heavy atom. The lowest BCUT2D eigenvalue weighted by molar-refractivity contribution is 0.0995. The molecule has 0 saturated carbocycles. The van der Waals surface area contributed by atoms with E-state index in [-0.39, 0.29) is 5.91 Å². The monoisotopic (exact) mass is 332 g/mol. The van der Waals surface area contributed by atoms with Crippen LogP contribution in [0.4, 0.5) is 5.69 Å². The first kappa shape index (κ1) is 14.4. The van der Waals surface area contributed by atoms with Crippen LogP contribution in [-0.2, 0) is 0 Å². The molecule has 2 rings (SSSR count). The van der Waals surface area contributed by atoms with Gasteiger partial charge in [0.05, 0.1) is 12.3 Å². The van der Waals surface area contributed by atoms with Crippen molar-refractivity contribution >= 4 is 27.5 Å². The Labute approximate surface area is 125 Å². The van der Waals surface area contributed by atoms with Gasteiger partial charge in [0.25, 0.3) is 5.91 Å². The van der Waals surface area contributed by atoms with Gasteiger partial charge in [0.15, 0.2) is 0 Å². The number of ether oxygens (including phenoxy) is 1. The van der Waals surface area contributed by atoms with Crippen LogP contribution >= 0.6 is 15.9 Å². The van der Waals surface area contributed by atoms with E-state index in [4.69, 9.17) is 4.74 Å². The van der Waals surface area contributed by atoms with E-state index in [2.05, 4.69) is 26.2 Å². The summed E-state index contributed by atoms with van der Waals surface area (Å²) in [7, 11) is 0. The number of hydrogen-bond donors (Lipinski definition) is 0. The molecule has 0 fully saturated rings. The molecule has 4 nitrogen and oxygen atoms in total. The van der Waals surface area contributed by atoms with Gasteiger partial charge in [-0.2, -0.15) is 0 Å². The number of benzene rings is 2. The van der Waals surface area contributed by atoms with Crippen molar-refractivity contribution in [1.82, 2.24) is 0 Å². The molecule has 0 aromatic heterocycles. The molecule has 0 heterocycles. The second-order valence-corrected chi connectivity index (χ2v) is 4.85. The summed E-state index contributed by atoms with van der Waals surface area (Å²) in [5, 5.41) is 7.61. The number of azo groups is 1. The SMILES string of the molecule is CCOc1ccc(C(=O)N=Nc2ccc(Br)cc2)cc1. The van der Waals surface area contributed by atoms with Crippen LogP contribution in [0, 0.1) is 0 Å². The number of carbonyl (C=O) groups is 1. The van der Waals surface area contributed by atoms with E-state index in [0.29, 0.717) is 17.9 Å². The number of carbonyl (C=O) groups excluding carboxylic acids is 1. The number of nitrogens with zero attached hydrogens (tertiary/aromatic N) is 2. The van der Waals surface area contributed by atoms with Crippen LogP contribution in [0.1, 0.15) is 17.3 Å². The van der Waals surface area contributed by atoms with Crippen LogP contribution < -0.4 is 4.74 Å². The number of halogens is 1. The van der Waals surface area contributed by atoms with Crippen molar-refractivity contribution in [3.8, 4) is 5.75 Å². The van der Waals surface area contributed by atoms with E-state index in [1.165, 1.54) is 0 Å². The maximum atomic E-state index is 11.8. The summed E-state index contributed by atoms with van der Waals surface area (Å²) in [6.45, 7) is 2.50. The Bertz CT molecular complexity index is 607. The van der Waals surface area contributed by atoms with Gasteiger partial charge >= 0.3 is 0 Å². The van der Waals surface area contributed by atoms with Crippen molar-refractivity contribution in [3.63, 3.8) is 0 Å². The van der Waals surface area contributed by atoms with E-state index in [1.807, 2.05) is 19.1 Å². The van der Waals surface area contributed by atoms with E-state index in [9.17, 15) is 4.79 Å². The maximum Gasteiger partial charge on any atom is 0.295 e. The molecule has 0 bridgehead atoms. The maximum absolute atomic E-state index is 11.8. The molecule has 2 aromatic rings. The van der Waals surface area contributed by atoms with Gasteiger partial charge in [0, 0.05) is 10.0 Å². The highest BCUT2D eigenvalue weighted by Gasteiger charge is 2.04. The Hall–Kier alpha value is -2.01. The number of rotatable bonds is 4. The van der Waals surface area contributed by atoms with Gasteiger partial charge in [0.1, 0.15) is 5.75 Å². The molecule has 5 heteroatoms. The van der Waals surface area contributed by atoms with Crippen LogP contribution in [-0.4, -0.2) is 12.5 Å². The smallest absolute Gasteiger partial charge is 0.295 e. The normalized spacial score (nSPS) is 10.7. The number of hydrogen-bond acceptors (Lipinski definition) is 3. The van der Waals surface area contributed by atoms with Crippen LogP contribution in [0.2, 0.25) is 0 Å². The average Bonchev–Trinajstić information content (AvgIpc) is 2.47. The van der Waals surface area contributed by atoms with Gasteiger partial charge < -0.3 is 4.74 Å². The zero-order chi connectivity index (χ0) is 14.4. The standard InChI is InChI=1S/C15H13BrN2O2/c1-2-20-14-9-3-11(4-10-14)15(19)18-17-13-7-5-12(16)6-8-13/h3-10H,2H2,1H3. The third-order valence-electron chi connectivity index (χ3n) is 2.50. The van der Waals surface area contributed by atoms with Gasteiger partial charge in [-0.25, -0.2) is 0 Å². The van der Waals surface area contributed by atoms with E-state index < -0.39 is 0 Å². The average molecular weight is 333 g/mol. The topological polar surface area (TPSA) is 51.0 Å². The fourth-order valence-electron chi connectivity index (χ4n) is 1.53. The highest BCUT2D eigenvalue weighted by Crippen LogP contribution is 2.18. The number of amides is 1. The summed E-state index contributed by atoms with van der Waals surface area (Å²) >= 11 is 3.33. The van der Waals surface area contributed by atoms with Crippen LogP contribution in [0.5, 0.6) is 5.75 Å². The van der Waals surface area contributed by atoms with Gasteiger partial charge in [-0.3, -0.25) is 4.79 Å². The molecule has 0 atom stereocenters. The first-order chi connectivity index (χ1) is 9.69. The summed E-state index contributed by atoms with van der Waals surface area (Å²) in [5.74, 6) is 0.352. The van der Waals surface area contributed by atoms with Crippen molar-refractivity contribution in [2.75, 3.05) is 6.61 Å². The summed E-state index contributed by atoms with van der Waals surface area (Å²) in [5.41, 5.74) is 1.11. The van der Waals surface area contributed by atoms with Crippen LogP contribution in [0.15, 0.2) is 63.2 Å². The minimum atomic E-state index is -0.379. The van der Waals surface area contributed by atoms with Crippen LogP contribution in [0.3, 0.4) is 0 Å². The van der Waals surface area contributed by atoms with Gasteiger partial charge in [0.2, 0.25) is 0 Å². The predicted molar refractivity (Wildman–Crippen MR) is 80.6 cm³/mol. The zero-order valence-corrected chi connectivity index (χ0v) is 12.5. The molecule has 102 valence electrons. The van der Waals surface area contributed by atoms with Crippen molar-refractivity contribution in [2.24, 2.45) is 10.2 Å². The van der Waals surface area contributed by atoms with E-state index in [0.717, 1.165) is 10.2 Å². The van der Waals surface area contributed by atoms with E-state index >= 15 is 0 Å². The molecule has 0 aliphatic carbocycles. The van der Waals surface area contributed by atoms with Gasteiger partial charge in [-0.05, 0) is 55.5 Å². The van der Waals surface area contributed by atoms with Crippen LogP contribution in [0.25, 0.3) is 0 Å².